The lowest BCUT2D eigenvalue weighted by atomic mass is 10.1. The number of benzene rings is 2. The molecule has 158 valence electrons. The van der Waals surface area contributed by atoms with E-state index < -0.39 is 30.4 Å². The maximum absolute atomic E-state index is 12.6. The van der Waals surface area contributed by atoms with Gasteiger partial charge in [0, 0.05) is 6.54 Å². The van der Waals surface area contributed by atoms with Crippen LogP contribution in [0.5, 0.6) is 11.5 Å². The highest BCUT2D eigenvalue weighted by molar-refractivity contribution is 5.78. The van der Waals surface area contributed by atoms with Crippen molar-refractivity contribution in [1.82, 2.24) is 5.32 Å². The first-order valence-corrected chi connectivity index (χ1v) is 8.42. The molecule has 1 unspecified atom stereocenters. The van der Waals surface area contributed by atoms with E-state index in [9.17, 15) is 31.9 Å². The minimum Gasteiger partial charge on any atom is -0.491 e. The van der Waals surface area contributed by atoms with Crippen LogP contribution in [0.15, 0.2) is 48.5 Å². The third kappa shape index (κ3) is 7.94. The monoisotopic (exact) mass is 419 g/mol. The quantitative estimate of drug-likeness (QED) is 0.612. The number of ether oxygens (including phenoxy) is 2. The van der Waals surface area contributed by atoms with Crippen molar-refractivity contribution in [2.45, 2.75) is 25.3 Å². The minimum atomic E-state index is -4.50. The molecule has 0 aliphatic rings. The highest BCUT2D eigenvalue weighted by atomic mass is 19.4. The van der Waals surface area contributed by atoms with Crippen LogP contribution in [-0.2, 0) is 17.4 Å². The van der Waals surface area contributed by atoms with Gasteiger partial charge in [0.15, 0.2) is 0 Å². The Labute approximate surface area is 163 Å². The van der Waals surface area contributed by atoms with Gasteiger partial charge in [-0.05, 0) is 35.9 Å². The van der Waals surface area contributed by atoms with Crippen molar-refractivity contribution in [3.63, 3.8) is 0 Å². The lowest BCUT2D eigenvalue weighted by molar-refractivity contribution is -0.137. The Balaban J connectivity index is 1.74. The predicted octanol–water partition coefficient (Wildman–Crippen LogP) is 3.41. The summed E-state index contributed by atoms with van der Waals surface area (Å²) in [4.78, 5) is 11.9. The molecular formula is C19H18F5NO4. The third-order valence-electron chi connectivity index (χ3n) is 3.65. The van der Waals surface area contributed by atoms with E-state index in [4.69, 9.17) is 4.74 Å². The SMILES string of the molecule is O=C(Cc1ccc(OC(F)F)cc1)NCC(O)COc1cccc(C(F)(F)F)c1. The predicted molar refractivity (Wildman–Crippen MR) is 92.7 cm³/mol. The molecule has 1 atom stereocenters. The highest BCUT2D eigenvalue weighted by Crippen LogP contribution is 2.31. The van der Waals surface area contributed by atoms with E-state index in [1.807, 2.05) is 0 Å². The fourth-order valence-electron chi connectivity index (χ4n) is 2.28. The molecule has 2 N–H and O–H groups in total. The summed E-state index contributed by atoms with van der Waals surface area (Å²) in [6.07, 6.45) is -5.71. The number of amides is 1. The van der Waals surface area contributed by atoms with E-state index in [0.717, 1.165) is 12.1 Å². The molecule has 0 radical (unpaired) electrons. The number of aliphatic hydroxyl groups excluding tert-OH is 1. The lowest BCUT2D eigenvalue weighted by Gasteiger charge is -2.14. The highest BCUT2D eigenvalue weighted by Gasteiger charge is 2.30. The molecule has 0 heterocycles. The smallest absolute Gasteiger partial charge is 0.416 e. The summed E-state index contributed by atoms with van der Waals surface area (Å²) in [5.74, 6) is -0.534. The van der Waals surface area contributed by atoms with Gasteiger partial charge in [-0.25, -0.2) is 0 Å². The first-order chi connectivity index (χ1) is 13.6. The molecule has 2 aromatic carbocycles. The number of alkyl halides is 5. The summed E-state index contributed by atoms with van der Waals surface area (Å²) in [6.45, 7) is -3.44. The second-order valence-electron chi connectivity index (χ2n) is 5.99. The van der Waals surface area contributed by atoms with Crippen LogP contribution < -0.4 is 14.8 Å². The Morgan fingerprint density at radius 3 is 2.38 bits per heavy atom. The zero-order valence-corrected chi connectivity index (χ0v) is 15.0. The molecule has 29 heavy (non-hydrogen) atoms. The van der Waals surface area contributed by atoms with Gasteiger partial charge in [0.2, 0.25) is 5.91 Å². The van der Waals surface area contributed by atoms with Crippen LogP contribution in [0.4, 0.5) is 22.0 Å². The van der Waals surface area contributed by atoms with Crippen molar-refractivity contribution in [3.8, 4) is 11.5 Å². The molecule has 5 nitrogen and oxygen atoms in total. The van der Waals surface area contributed by atoms with E-state index in [2.05, 4.69) is 10.1 Å². The van der Waals surface area contributed by atoms with Crippen LogP contribution in [-0.4, -0.2) is 36.9 Å². The van der Waals surface area contributed by atoms with E-state index in [1.54, 1.807) is 0 Å². The van der Waals surface area contributed by atoms with Gasteiger partial charge in [-0.2, -0.15) is 22.0 Å². The van der Waals surface area contributed by atoms with Crippen molar-refractivity contribution < 1.29 is 41.3 Å². The van der Waals surface area contributed by atoms with Crippen molar-refractivity contribution in [1.29, 1.82) is 0 Å². The van der Waals surface area contributed by atoms with E-state index >= 15 is 0 Å². The normalized spacial score (nSPS) is 12.5. The summed E-state index contributed by atoms with van der Waals surface area (Å²) in [5, 5.41) is 12.3. The van der Waals surface area contributed by atoms with Crippen molar-refractivity contribution in [3.05, 3.63) is 59.7 Å². The Kier molecular flexibility index (Phi) is 7.77. The molecule has 0 bridgehead atoms. The molecule has 0 fully saturated rings. The van der Waals surface area contributed by atoms with E-state index in [0.29, 0.717) is 5.56 Å². The number of aliphatic hydroxyl groups is 1. The van der Waals surface area contributed by atoms with Gasteiger partial charge in [0.05, 0.1) is 12.0 Å². The molecule has 2 aromatic rings. The Bertz CT molecular complexity index is 796. The maximum atomic E-state index is 12.6. The van der Waals surface area contributed by atoms with Gasteiger partial charge in [-0.15, -0.1) is 0 Å². The van der Waals surface area contributed by atoms with Crippen LogP contribution in [0, 0.1) is 0 Å². The molecule has 0 spiro atoms. The summed E-state index contributed by atoms with van der Waals surface area (Å²) in [6, 6.07) is 9.71. The summed E-state index contributed by atoms with van der Waals surface area (Å²) < 4.78 is 71.4. The molecule has 0 aliphatic carbocycles. The molecule has 0 saturated heterocycles. The lowest BCUT2D eigenvalue weighted by Crippen LogP contribution is -2.36. The fraction of sp³-hybridized carbons (Fsp3) is 0.316. The van der Waals surface area contributed by atoms with Gasteiger partial charge in [-0.1, -0.05) is 18.2 Å². The minimum absolute atomic E-state index is 0.0358. The zero-order valence-electron chi connectivity index (χ0n) is 15.0. The van der Waals surface area contributed by atoms with Crippen LogP contribution in [0.1, 0.15) is 11.1 Å². The molecule has 0 aliphatic heterocycles. The van der Waals surface area contributed by atoms with E-state index in [-0.39, 0.29) is 31.1 Å². The van der Waals surface area contributed by atoms with Crippen molar-refractivity contribution in [2.75, 3.05) is 13.2 Å². The first-order valence-electron chi connectivity index (χ1n) is 8.42. The largest absolute Gasteiger partial charge is 0.491 e. The number of hydrogen-bond acceptors (Lipinski definition) is 4. The average Bonchev–Trinajstić information content (AvgIpc) is 2.65. The molecule has 0 saturated carbocycles. The van der Waals surface area contributed by atoms with Gasteiger partial charge in [-0.3, -0.25) is 4.79 Å². The molecule has 1 amide bonds. The van der Waals surface area contributed by atoms with Crippen molar-refractivity contribution in [2.24, 2.45) is 0 Å². The third-order valence-corrected chi connectivity index (χ3v) is 3.65. The van der Waals surface area contributed by atoms with Crippen LogP contribution in [0.2, 0.25) is 0 Å². The number of rotatable bonds is 9. The average molecular weight is 419 g/mol. The van der Waals surface area contributed by atoms with Gasteiger partial charge in [0.25, 0.3) is 0 Å². The molecule has 2 rings (SSSR count). The number of carbonyl (C=O) groups is 1. The van der Waals surface area contributed by atoms with Gasteiger partial charge < -0.3 is 19.9 Å². The standard InChI is InChI=1S/C19H18F5NO4/c20-18(21)29-15-6-4-12(5-7-15)8-17(27)25-10-14(26)11-28-16-3-1-2-13(9-16)19(22,23)24/h1-7,9,14,18,26H,8,10-11H2,(H,25,27). The van der Waals surface area contributed by atoms with Crippen LogP contribution in [0.3, 0.4) is 0 Å². The Hall–Kier alpha value is -2.88. The van der Waals surface area contributed by atoms with Gasteiger partial charge in [0.1, 0.15) is 24.2 Å². The Morgan fingerprint density at radius 1 is 1.07 bits per heavy atom. The Morgan fingerprint density at radius 2 is 1.76 bits per heavy atom. The molecule has 0 aromatic heterocycles. The van der Waals surface area contributed by atoms with Gasteiger partial charge >= 0.3 is 12.8 Å². The maximum Gasteiger partial charge on any atom is 0.416 e. The number of hydrogen-bond donors (Lipinski definition) is 2. The van der Waals surface area contributed by atoms with Crippen LogP contribution >= 0.6 is 0 Å². The summed E-state index contributed by atoms with van der Waals surface area (Å²) in [7, 11) is 0. The molecule has 10 heteroatoms. The summed E-state index contributed by atoms with van der Waals surface area (Å²) in [5.41, 5.74) is -0.332. The second kappa shape index (κ2) is 10.1. The first kappa shape index (κ1) is 22.4. The van der Waals surface area contributed by atoms with Crippen LogP contribution in [0.25, 0.3) is 0 Å². The fourth-order valence-corrected chi connectivity index (χ4v) is 2.28. The number of carbonyl (C=O) groups excluding carboxylic acids is 1. The summed E-state index contributed by atoms with van der Waals surface area (Å²) >= 11 is 0. The topological polar surface area (TPSA) is 67.8 Å². The zero-order chi connectivity index (χ0) is 21.4. The molecular weight excluding hydrogens is 401 g/mol. The van der Waals surface area contributed by atoms with E-state index in [1.165, 1.54) is 36.4 Å². The number of nitrogens with one attached hydrogen (secondary N) is 1. The van der Waals surface area contributed by atoms with Crippen molar-refractivity contribution >= 4 is 5.91 Å². The number of halogens is 5. The second-order valence-corrected chi connectivity index (χ2v) is 5.99.